The number of hydrogen-bond acceptors (Lipinski definition) is 6. The van der Waals surface area contributed by atoms with Gasteiger partial charge in [0.25, 0.3) is 5.89 Å². The van der Waals surface area contributed by atoms with Crippen LogP contribution in [0.1, 0.15) is 37.9 Å². The van der Waals surface area contributed by atoms with E-state index in [9.17, 15) is 0 Å². The zero-order valence-electron chi connectivity index (χ0n) is 11.3. The summed E-state index contributed by atoms with van der Waals surface area (Å²) >= 11 is 0. The Kier molecular flexibility index (Phi) is 4.70. The summed E-state index contributed by atoms with van der Waals surface area (Å²) in [6.45, 7) is 5.12. The van der Waals surface area contributed by atoms with E-state index < -0.39 is 0 Å². The van der Waals surface area contributed by atoms with Crippen molar-refractivity contribution >= 4 is 0 Å². The molecular weight excluding hydrogens is 246 g/mol. The molecule has 0 saturated heterocycles. The molecule has 0 aliphatic carbocycles. The second kappa shape index (κ2) is 6.49. The lowest BCUT2D eigenvalue weighted by atomic mass is 10.2. The van der Waals surface area contributed by atoms with Crippen molar-refractivity contribution in [3.63, 3.8) is 0 Å². The first-order valence-corrected chi connectivity index (χ1v) is 6.49. The summed E-state index contributed by atoms with van der Waals surface area (Å²) in [6.07, 6.45) is 3.34. The minimum absolute atomic E-state index is 0.374. The molecule has 2 rings (SSSR count). The van der Waals surface area contributed by atoms with Crippen molar-refractivity contribution in [2.45, 2.75) is 32.7 Å². The molecule has 1 unspecified atom stereocenters. The molecule has 0 radical (unpaired) electrons. The summed E-state index contributed by atoms with van der Waals surface area (Å²) < 4.78 is 15.9. The minimum Gasteiger partial charge on any atom is -0.469 e. The Hall–Kier alpha value is -1.66. The Morgan fingerprint density at radius 1 is 1.42 bits per heavy atom. The van der Waals surface area contributed by atoms with Crippen LogP contribution in [0.4, 0.5) is 0 Å². The number of nitrogens with two attached hydrogens (primary N) is 1. The summed E-state index contributed by atoms with van der Waals surface area (Å²) in [5.41, 5.74) is 6.76. The van der Waals surface area contributed by atoms with Gasteiger partial charge in [0, 0.05) is 13.0 Å². The molecule has 2 heterocycles. The first kappa shape index (κ1) is 13.8. The zero-order valence-corrected chi connectivity index (χ0v) is 11.3. The average molecular weight is 265 g/mol. The first-order chi connectivity index (χ1) is 9.26. The number of rotatable bonds is 7. The van der Waals surface area contributed by atoms with Crippen LogP contribution >= 0.6 is 0 Å². The van der Waals surface area contributed by atoms with Crippen LogP contribution in [0.5, 0.6) is 0 Å². The topological polar surface area (TPSA) is 87.3 Å². The van der Waals surface area contributed by atoms with Crippen molar-refractivity contribution in [2.75, 3.05) is 13.2 Å². The third-order valence-electron chi connectivity index (χ3n) is 2.72. The normalized spacial score (nSPS) is 12.8. The molecule has 2 aromatic heterocycles. The number of hydrogen-bond donors (Lipinski definition) is 1. The quantitative estimate of drug-likeness (QED) is 0.773. The Morgan fingerprint density at radius 2 is 2.26 bits per heavy atom. The average Bonchev–Trinajstić information content (AvgIpc) is 3.07. The standard InChI is InChI=1S/C13H19N3O3/c1-3-6-17-8-10(14)12-15-13(19-16-12)9-5-7-18-11(9)4-2/h5,7,10H,3-4,6,8,14H2,1-2H3. The van der Waals surface area contributed by atoms with E-state index in [0.717, 1.165) is 24.2 Å². The van der Waals surface area contributed by atoms with E-state index in [0.29, 0.717) is 24.9 Å². The molecule has 0 aliphatic heterocycles. The van der Waals surface area contributed by atoms with Crippen molar-refractivity contribution in [1.82, 2.24) is 10.1 Å². The molecule has 0 aliphatic rings. The van der Waals surface area contributed by atoms with E-state index >= 15 is 0 Å². The first-order valence-electron chi connectivity index (χ1n) is 6.49. The van der Waals surface area contributed by atoms with Gasteiger partial charge >= 0.3 is 0 Å². The van der Waals surface area contributed by atoms with Gasteiger partial charge in [0.2, 0.25) is 0 Å². The predicted octanol–water partition coefficient (Wildman–Crippen LogP) is 2.32. The van der Waals surface area contributed by atoms with Crippen LogP contribution in [0.15, 0.2) is 21.3 Å². The van der Waals surface area contributed by atoms with Crippen molar-refractivity contribution in [2.24, 2.45) is 5.73 Å². The van der Waals surface area contributed by atoms with Crippen LogP contribution in [0.25, 0.3) is 11.5 Å². The number of furan rings is 1. The second-order valence-corrected chi connectivity index (χ2v) is 4.25. The van der Waals surface area contributed by atoms with Crippen molar-refractivity contribution in [3.8, 4) is 11.5 Å². The van der Waals surface area contributed by atoms with Crippen LogP contribution in [-0.2, 0) is 11.2 Å². The molecule has 0 saturated carbocycles. The van der Waals surface area contributed by atoms with E-state index in [1.54, 1.807) is 6.26 Å². The molecule has 104 valence electrons. The Labute approximate surface area is 111 Å². The summed E-state index contributed by atoms with van der Waals surface area (Å²) in [7, 11) is 0. The summed E-state index contributed by atoms with van der Waals surface area (Å²) in [5.74, 6) is 1.71. The zero-order chi connectivity index (χ0) is 13.7. The van der Waals surface area contributed by atoms with Gasteiger partial charge in [-0.2, -0.15) is 4.98 Å². The fourth-order valence-corrected chi connectivity index (χ4v) is 1.73. The molecule has 0 fully saturated rings. The van der Waals surface area contributed by atoms with Gasteiger partial charge in [-0.05, 0) is 12.5 Å². The molecular formula is C13H19N3O3. The third-order valence-corrected chi connectivity index (χ3v) is 2.72. The van der Waals surface area contributed by atoms with Gasteiger partial charge in [-0.3, -0.25) is 0 Å². The van der Waals surface area contributed by atoms with E-state index in [1.165, 1.54) is 0 Å². The fourth-order valence-electron chi connectivity index (χ4n) is 1.73. The summed E-state index contributed by atoms with van der Waals surface area (Å²) in [4.78, 5) is 4.30. The van der Waals surface area contributed by atoms with Crippen LogP contribution in [-0.4, -0.2) is 23.4 Å². The molecule has 2 aromatic rings. The maximum Gasteiger partial charge on any atom is 0.261 e. The largest absolute Gasteiger partial charge is 0.469 e. The number of aryl methyl sites for hydroxylation is 1. The van der Waals surface area contributed by atoms with Crippen molar-refractivity contribution in [3.05, 3.63) is 23.9 Å². The molecule has 0 spiro atoms. The van der Waals surface area contributed by atoms with Gasteiger partial charge < -0.3 is 19.4 Å². The summed E-state index contributed by atoms with van der Waals surface area (Å²) in [6, 6.07) is 1.44. The van der Waals surface area contributed by atoms with E-state index in [-0.39, 0.29) is 6.04 Å². The minimum atomic E-state index is -0.374. The number of ether oxygens (including phenoxy) is 1. The fraction of sp³-hybridized carbons (Fsp3) is 0.538. The van der Waals surface area contributed by atoms with E-state index in [2.05, 4.69) is 10.1 Å². The smallest absolute Gasteiger partial charge is 0.261 e. The number of aromatic nitrogens is 2. The maximum atomic E-state index is 5.94. The Morgan fingerprint density at radius 3 is 3.00 bits per heavy atom. The third kappa shape index (κ3) is 3.21. The highest BCUT2D eigenvalue weighted by molar-refractivity contribution is 5.55. The van der Waals surface area contributed by atoms with Gasteiger partial charge in [-0.25, -0.2) is 0 Å². The SMILES string of the molecule is CCCOCC(N)c1noc(-c2ccoc2CC)n1. The van der Waals surface area contributed by atoms with Crippen molar-refractivity contribution in [1.29, 1.82) is 0 Å². The molecule has 2 N–H and O–H groups in total. The van der Waals surface area contributed by atoms with Crippen LogP contribution in [0, 0.1) is 0 Å². The molecule has 0 bridgehead atoms. The Bertz CT molecular complexity index is 507. The van der Waals surface area contributed by atoms with E-state index in [1.807, 2.05) is 19.9 Å². The monoisotopic (exact) mass is 265 g/mol. The Balaban J connectivity index is 2.06. The lowest BCUT2D eigenvalue weighted by Crippen LogP contribution is -2.18. The van der Waals surface area contributed by atoms with E-state index in [4.69, 9.17) is 19.4 Å². The molecule has 0 amide bonds. The maximum absolute atomic E-state index is 5.94. The highest BCUT2D eigenvalue weighted by Crippen LogP contribution is 2.24. The van der Waals surface area contributed by atoms with Gasteiger partial charge in [-0.15, -0.1) is 0 Å². The highest BCUT2D eigenvalue weighted by atomic mass is 16.5. The van der Waals surface area contributed by atoms with Crippen LogP contribution in [0.3, 0.4) is 0 Å². The van der Waals surface area contributed by atoms with Gasteiger partial charge in [0.1, 0.15) is 5.76 Å². The molecule has 0 aromatic carbocycles. The lowest BCUT2D eigenvalue weighted by molar-refractivity contribution is 0.119. The highest BCUT2D eigenvalue weighted by Gasteiger charge is 2.18. The predicted molar refractivity (Wildman–Crippen MR) is 69.4 cm³/mol. The van der Waals surface area contributed by atoms with Crippen LogP contribution < -0.4 is 5.73 Å². The van der Waals surface area contributed by atoms with Gasteiger partial charge in [-0.1, -0.05) is 19.0 Å². The van der Waals surface area contributed by atoms with Gasteiger partial charge in [0.05, 0.1) is 24.5 Å². The molecule has 6 heteroatoms. The van der Waals surface area contributed by atoms with Crippen LogP contribution in [0.2, 0.25) is 0 Å². The second-order valence-electron chi connectivity index (χ2n) is 4.25. The number of nitrogens with zero attached hydrogens (tertiary/aromatic N) is 2. The summed E-state index contributed by atoms with van der Waals surface area (Å²) in [5, 5.41) is 3.89. The molecule has 19 heavy (non-hydrogen) atoms. The van der Waals surface area contributed by atoms with Gasteiger partial charge in [0.15, 0.2) is 5.82 Å². The van der Waals surface area contributed by atoms with Crippen molar-refractivity contribution < 1.29 is 13.7 Å². The lowest BCUT2D eigenvalue weighted by Gasteiger charge is -2.06. The molecule has 1 atom stereocenters. The molecule has 6 nitrogen and oxygen atoms in total.